The van der Waals surface area contributed by atoms with Crippen molar-refractivity contribution in [2.75, 3.05) is 32.1 Å². The first-order chi connectivity index (χ1) is 12.9. The van der Waals surface area contributed by atoms with Gasteiger partial charge in [-0.15, -0.1) is 0 Å². The van der Waals surface area contributed by atoms with Crippen LogP contribution >= 0.6 is 11.6 Å². The van der Waals surface area contributed by atoms with Crippen molar-refractivity contribution in [2.45, 2.75) is 13.0 Å². The Hall–Kier alpha value is -2.38. The van der Waals surface area contributed by atoms with Gasteiger partial charge in [-0.25, -0.2) is 8.78 Å². The molecule has 1 aliphatic rings. The van der Waals surface area contributed by atoms with Crippen LogP contribution in [0.1, 0.15) is 12.0 Å². The van der Waals surface area contributed by atoms with Gasteiger partial charge in [-0.3, -0.25) is 9.69 Å². The SMILES string of the molecule is CN(CC(=O)Nc1cc2c(cc1Cl)OCCCO2)Cc1ccc(F)cc1F. The van der Waals surface area contributed by atoms with E-state index in [0.717, 1.165) is 12.5 Å². The number of nitrogens with one attached hydrogen (secondary N) is 1. The van der Waals surface area contributed by atoms with Gasteiger partial charge in [-0.05, 0) is 13.1 Å². The highest BCUT2D eigenvalue weighted by atomic mass is 35.5. The Morgan fingerprint density at radius 1 is 1.19 bits per heavy atom. The molecule has 2 aromatic rings. The standard InChI is InChI=1S/C19H19ClF2N2O3/c1-24(10-12-3-4-13(21)7-15(12)22)11-19(25)23-16-9-18-17(8-14(16)20)26-5-2-6-27-18/h3-4,7-9H,2,5-6,10-11H2,1H3,(H,23,25). The molecule has 0 unspecified atom stereocenters. The molecule has 144 valence electrons. The minimum absolute atomic E-state index is 0.00157. The second-order valence-electron chi connectivity index (χ2n) is 6.29. The van der Waals surface area contributed by atoms with Gasteiger partial charge < -0.3 is 14.8 Å². The molecule has 0 atom stereocenters. The Morgan fingerprint density at radius 2 is 1.89 bits per heavy atom. The molecule has 27 heavy (non-hydrogen) atoms. The van der Waals surface area contributed by atoms with Crippen molar-refractivity contribution in [1.29, 1.82) is 0 Å². The monoisotopic (exact) mass is 396 g/mol. The van der Waals surface area contributed by atoms with Crippen LogP contribution in [0.25, 0.3) is 0 Å². The molecule has 0 bridgehead atoms. The number of carbonyl (C=O) groups is 1. The van der Waals surface area contributed by atoms with Gasteiger partial charge in [0, 0.05) is 36.7 Å². The maximum atomic E-state index is 13.7. The summed E-state index contributed by atoms with van der Waals surface area (Å²) in [5, 5.41) is 3.05. The van der Waals surface area contributed by atoms with Gasteiger partial charge in [-0.1, -0.05) is 17.7 Å². The van der Waals surface area contributed by atoms with E-state index in [1.165, 1.54) is 12.1 Å². The summed E-state index contributed by atoms with van der Waals surface area (Å²) in [6.45, 7) is 1.23. The Bertz CT molecular complexity index is 848. The number of ether oxygens (including phenoxy) is 2. The highest BCUT2D eigenvalue weighted by Gasteiger charge is 2.17. The van der Waals surface area contributed by atoms with Crippen molar-refractivity contribution >= 4 is 23.2 Å². The minimum atomic E-state index is -0.645. The highest BCUT2D eigenvalue weighted by molar-refractivity contribution is 6.34. The molecule has 1 heterocycles. The number of carbonyl (C=O) groups excluding carboxylic acids is 1. The number of anilines is 1. The predicted octanol–water partition coefficient (Wildman–Crippen LogP) is 3.85. The third-order valence-electron chi connectivity index (χ3n) is 3.98. The predicted molar refractivity (Wildman–Crippen MR) is 98.4 cm³/mol. The molecule has 0 aromatic heterocycles. The number of halogens is 3. The van der Waals surface area contributed by atoms with Crippen LogP contribution in [0.4, 0.5) is 14.5 Å². The number of hydrogen-bond acceptors (Lipinski definition) is 4. The van der Waals surface area contributed by atoms with E-state index < -0.39 is 11.6 Å². The lowest BCUT2D eigenvalue weighted by Crippen LogP contribution is -2.30. The summed E-state index contributed by atoms with van der Waals surface area (Å²) in [5.41, 5.74) is 0.715. The summed E-state index contributed by atoms with van der Waals surface area (Å²) in [7, 11) is 1.66. The van der Waals surface area contributed by atoms with Crippen LogP contribution in [0, 0.1) is 11.6 Å². The Kier molecular flexibility index (Phi) is 6.13. The van der Waals surface area contributed by atoms with Crippen LogP contribution in [0.5, 0.6) is 11.5 Å². The van der Waals surface area contributed by atoms with Crippen molar-refractivity contribution in [3.05, 3.63) is 52.6 Å². The van der Waals surface area contributed by atoms with Crippen LogP contribution < -0.4 is 14.8 Å². The van der Waals surface area contributed by atoms with Crippen LogP contribution in [0.2, 0.25) is 5.02 Å². The molecule has 0 fully saturated rings. The smallest absolute Gasteiger partial charge is 0.238 e. The average molecular weight is 397 g/mol. The molecule has 1 aliphatic heterocycles. The second-order valence-corrected chi connectivity index (χ2v) is 6.69. The van der Waals surface area contributed by atoms with Crippen LogP contribution in [0.3, 0.4) is 0 Å². The van der Waals surface area contributed by atoms with Crippen molar-refractivity contribution in [3.63, 3.8) is 0 Å². The van der Waals surface area contributed by atoms with Gasteiger partial charge in [0.15, 0.2) is 11.5 Å². The first-order valence-electron chi connectivity index (χ1n) is 8.44. The number of likely N-dealkylation sites (N-methyl/N-ethyl adjacent to an activating group) is 1. The first-order valence-corrected chi connectivity index (χ1v) is 8.81. The van der Waals surface area contributed by atoms with Crippen LogP contribution in [-0.4, -0.2) is 37.6 Å². The van der Waals surface area contributed by atoms with E-state index in [4.69, 9.17) is 21.1 Å². The molecule has 0 saturated heterocycles. The zero-order valence-corrected chi connectivity index (χ0v) is 15.5. The van der Waals surface area contributed by atoms with E-state index in [0.29, 0.717) is 41.0 Å². The largest absolute Gasteiger partial charge is 0.490 e. The topological polar surface area (TPSA) is 50.8 Å². The van der Waals surface area contributed by atoms with E-state index >= 15 is 0 Å². The van der Waals surface area contributed by atoms with E-state index in [-0.39, 0.29) is 19.0 Å². The fourth-order valence-corrected chi connectivity index (χ4v) is 2.91. The van der Waals surface area contributed by atoms with Crippen molar-refractivity contribution in [1.82, 2.24) is 4.90 Å². The zero-order chi connectivity index (χ0) is 19.4. The highest BCUT2D eigenvalue weighted by Crippen LogP contribution is 2.37. The van der Waals surface area contributed by atoms with Crippen molar-refractivity contribution in [2.24, 2.45) is 0 Å². The number of amides is 1. The summed E-state index contributed by atoms with van der Waals surface area (Å²) in [5.74, 6) is -0.543. The summed E-state index contributed by atoms with van der Waals surface area (Å²) in [6.07, 6.45) is 0.763. The molecule has 3 rings (SSSR count). The summed E-state index contributed by atoms with van der Waals surface area (Å²) in [6, 6.07) is 6.60. The maximum Gasteiger partial charge on any atom is 0.238 e. The fourth-order valence-electron chi connectivity index (χ4n) is 2.71. The molecule has 8 heteroatoms. The third-order valence-corrected chi connectivity index (χ3v) is 4.29. The molecule has 0 aliphatic carbocycles. The van der Waals surface area contributed by atoms with Gasteiger partial charge in [0.05, 0.1) is 30.5 Å². The molecular weight excluding hydrogens is 378 g/mol. The van der Waals surface area contributed by atoms with Crippen molar-refractivity contribution in [3.8, 4) is 11.5 Å². The number of fused-ring (bicyclic) bond motifs is 1. The molecule has 2 aromatic carbocycles. The second kappa shape index (κ2) is 8.54. The van der Waals surface area contributed by atoms with Gasteiger partial charge in [0.25, 0.3) is 0 Å². The number of nitrogens with zero attached hydrogens (tertiary/aromatic N) is 1. The van der Waals surface area contributed by atoms with Gasteiger partial charge in [0.1, 0.15) is 11.6 Å². The zero-order valence-electron chi connectivity index (χ0n) is 14.7. The Morgan fingerprint density at radius 3 is 2.59 bits per heavy atom. The van der Waals surface area contributed by atoms with Crippen LogP contribution in [0.15, 0.2) is 30.3 Å². The van der Waals surface area contributed by atoms with E-state index in [2.05, 4.69) is 5.32 Å². The molecule has 0 radical (unpaired) electrons. The molecule has 0 spiro atoms. The van der Waals surface area contributed by atoms with E-state index in [9.17, 15) is 13.6 Å². The number of rotatable bonds is 5. The molecule has 0 saturated carbocycles. The molecule has 1 N–H and O–H groups in total. The lowest BCUT2D eigenvalue weighted by Gasteiger charge is -2.18. The maximum absolute atomic E-state index is 13.7. The molecule has 5 nitrogen and oxygen atoms in total. The normalized spacial score (nSPS) is 13.4. The Labute approximate surface area is 160 Å². The minimum Gasteiger partial charge on any atom is -0.490 e. The number of benzene rings is 2. The average Bonchev–Trinajstić information content (AvgIpc) is 2.82. The molecular formula is C19H19ClF2N2O3. The quantitative estimate of drug-likeness (QED) is 0.834. The summed E-state index contributed by atoms with van der Waals surface area (Å²) in [4.78, 5) is 13.9. The fraction of sp³-hybridized carbons (Fsp3) is 0.316. The van der Waals surface area contributed by atoms with Crippen molar-refractivity contribution < 1.29 is 23.0 Å². The van der Waals surface area contributed by atoms with E-state index in [1.807, 2.05) is 0 Å². The summed E-state index contributed by atoms with van der Waals surface area (Å²) >= 11 is 6.21. The first kappa shape index (κ1) is 19.4. The van der Waals surface area contributed by atoms with Gasteiger partial charge in [-0.2, -0.15) is 0 Å². The Balaban J connectivity index is 1.62. The van der Waals surface area contributed by atoms with E-state index in [1.54, 1.807) is 24.1 Å². The summed E-state index contributed by atoms with van der Waals surface area (Å²) < 4.78 is 37.8. The number of hydrogen-bond donors (Lipinski definition) is 1. The van der Waals surface area contributed by atoms with Crippen LogP contribution in [-0.2, 0) is 11.3 Å². The van der Waals surface area contributed by atoms with Gasteiger partial charge in [0.2, 0.25) is 5.91 Å². The third kappa shape index (κ3) is 5.08. The lowest BCUT2D eigenvalue weighted by atomic mass is 10.2. The van der Waals surface area contributed by atoms with Gasteiger partial charge >= 0.3 is 0 Å². The lowest BCUT2D eigenvalue weighted by molar-refractivity contribution is -0.117. The molecule has 1 amide bonds.